The van der Waals surface area contributed by atoms with Crippen molar-refractivity contribution in [1.82, 2.24) is 15.5 Å². The van der Waals surface area contributed by atoms with Crippen LogP contribution in [-0.2, 0) is 13.0 Å². The van der Waals surface area contributed by atoms with Crippen molar-refractivity contribution in [2.45, 2.75) is 45.7 Å². The molecule has 1 atom stereocenters. The fraction of sp³-hybridized carbons (Fsp3) is 0.474. The monoisotopic (exact) mass is 343 g/mol. The van der Waals surface area contributed by atoms with E-state index in [4.69, 9.17) is 9.47 Å². The van der Waals surface area contributed by atoms with Crippen LogP contribution in [0.4, 0.5) is 0 Å². The summed E-state index contributed by atoms with van der Waals surface area (Å²) < 4.78 is 10.9. The first kappa shape index (κ1) is 17.5. The zero-order valence-corrected chi connectivity index (χ0v) is 15.2. The third kappa shape index (κ3) is 3.39. The topological polar surface area (TPSA) is 76.2 Å². The molecule has 134 valence electrons. The first-order chi connectivity index (χ1) is 12.0. The molecule has 1 unspecified atom stereocenters. The Labute approximate surface area is 147 Å². The number of ether oxygens (including phenoxy) is 2. The zero-order chi connectivity index (χ0) is 18.0. The molecule has 2 aromatic rings. The minimum absolute atomic E-state index is 0.126. The van der Waals surface area contributed by atoms with Crippen molar-refractivity contribution < 1.29 is 9.47 Å². The standard InChI is InChI=1S/C19H25N3O3/c1-11-12(2)21-22-19(23)15(11)10-20-16-7-5-6-13-8-17(24-3)18(25-4)9-14(13)16/h8-9,16,20H,5-7,10H2,1-4H3,(H,22,23). The van der Waals surface area contributed by atoms with Gasteiger partial charge in [0.1, 0.15) is 0 Å². The van der Waals surface area contributed by atoms with Gasteiger partial charge in [0.2, 0.25) is 0 Å². The molecule has 1 aromatic heterocycles. The van der Waals surface area contributed by atoms with E-state index < -0.39 is 0 Å². The lowest BCUT2D eigenvalue weighted by Gasteiger charge is -2.28. The second kappa shape index (κ2) is 7.27. The number of aromatic nitrogens is 2. The molecule has 0 saturated heterocycles. The molecular weight excluding hydrogens is 318 g/mol. The molecule has 25 heavy (non-hydrogen) atoms. The number of rotatable bonds is 5. The Kier molecular flexibility index (Phi) is 5.08. The Balaban J connectivity index is 1.87. The number of nitrogens with one attached hydrogen (secondary N) is 2. The van der Waals surface area contributed by atoms with E-state index >= 15 is 0 Å². The molecule has 0 saturated carbocycles. The van der Waals surface area contributed by atoms with Gasteiger partial charge in [-0.05, 0) is 61.9 Å². The maximum absolute atomic E-state index is 12.1. The van der Waals surface area contributed by atoms with E-state index in [1.807, 2.05) is 13.8 Å². The van der Waals surface area contributed by atoms with Gasteiger partial charge in [-0.2, -0.15) is 5.10 Å². The van der Waals surface area contributed by atoms with Gasteiger partial charge in [0, 0.05) is 18.2 Å². The van der Waals surface area contributed by atoms with Gasteiger partial charge in [0.15, 0.2) is 11.5 Å². The van der Waals surface area contributed by atoms with Crippen molar-refractivity contribution in [2.75, 3.05) is 14.2 Å². The summed E-state index contributed by atoms with van der Waals surface area (Å²) in [5.41, 5.74) is 4.92. The van der Waals surface area contributed by atoms with E-state index in [0.717, 1.165) is 47.6 Å². The van der Waals surface area contributed by atoms with Crippen molar-refractivity contribution in [3.8, 4) is 11.5 Å². The maximum Gasteiger partial charge on any atom is 0.268 e. The second-order valence-corrected chi connectivity index (χ2v) is 6.47. The largest absolute Gasteiger partial charge is 0.493 e. The summed E-state index contributed by atoms with van der Waals surface area (Å²) in [6.45, 7) is 4.36. The number of aromatic amines is 1. The highest BCUT2D eigenvalue weighted by molar-refractivity contribution is 5.49. The highest BCUT2D eigenvalue weighted by Gasteiger charge is 2.23. The number of fused-ring (bicyclic) bond motifs is 1. The van der Waals surface area contributed by atoms with E-state index in [1.165, 1.54) is 11.1 Å². The molecule has 6 heteroatoms. The number of nitrogens with zero attached hydrogens (tertiary/aromatic N) is 1. The first-order valence-corrected chi connectivity index (χ1v) is 8.58. The number of benzene rings is 1. The summed E-state index contributed by atoms with van der Waals surface area (Å²) in [4.78, 5) is 12.1. The summed E-state index contributed by atoms with van der Waals surface area (Å²) in [7, 11) is 3.31. The van der Waals surface area contributed by atoms with E-state index in [2.05, 4.69) is 27.6 Å². The number of methoxy groups -OCH3 is 2. The molecule has 1 aromatic carbocycles. The van der Waals surface area contributed by atoms with Crippen LogP contribution >= 0.6 is 0 Å². The number of hydrogen-bond donors (Lipinski definition) is 2. The smallest absolute Gasteiger partial charge is 0.268 e. The molecule has 0 aliphatic heterocycles. The Bertz CT molecular complexity index is 829. The Morgan fingerprint density at radius 1 is 1.24 bits per heavy atom. The van der Waals surface area contributed by atoms with Crippen molar-refractivity contribution in [3.05, 3.63) is 50.4 Å². The summed E-state index contributed by atoms with van der Waals surface area (Å²) in [6, 6.07) is 4.31. The number of H-pyrrole nitrogens is 1. The molecule has 6 nitrogen and oxygen atoms in total. The van der Waals surface area contributed by atoms with Gasteiger partial charge in [-0.15, -0.1) is 0 Å². The Hall–Kier alpha value is -2.34. The van der Waals surface area contributed by atoms with Gasteiger partial charge in [0.25, 0.3) is 5.56 Å². The van der Waals surface area contributed by atoms with Gasteiger partial charge in [-0.3, -0.25) is 4.79 Å². The van der Waals surface area contributed by atoms with Crippen LogP contribution in [0.3, 0.4) is 0 Å². The normalized spacial score (nSPS) is 16.4. The number of hydrogen-bond acceptors (Lipinski definition) is 5. The van der Waals surface area contributed by atoms with Crippen molar-refractivity contribution in [2.24, 2.45) is 0 Å². The van der Waals surface area contributed by atoms with E-state index in [9.17, 15) is 4.79 Å². The van der Waals surface area contributed by atoms with Crippen LogP contribution in [0.2, 0.25) is 0 Å². The summed E-state index contributed by atoms with van der Waals surface area (Å²) >= 11 is 0. The Morgan fingerprint density at radius 3 is 2.68 bits per heavy atom. The molecule has 0 fully saturated rings. The minimum Gasteiger partial charge on any atom is -0.493 e. The lowest BCUT2D eigenvalue weighted by Crippen LogP contribution is -2.29. The molecule has 1 heterocycles. The van der Waals surface area contributed by atoms with Crippen LogP contribution in [0.5, 0.6) is 11.5 Å². The molecule has 0 amide bonds. The molecule has 2 N–H and O–H groups in total. The summed E-state index contributed by atoms with van der Waals surface area (Å²) in [6.07, 6.45) is 3.16. The fourth-order valence-corrected chi connectivity index (χ4v) is 3.45. The SMILES string of the molecule is COc1cc2c(cc1OC)C(NCc1c(C)c(C)n[nH]c1=O)CCC2. The van der Waals surface area contributed by atoms with Gasteiger partial charge in [0.05, 0.1) is 19.9 Å². The highest BCUT2D eigenvalue weighted by Crippen LogP contribution is 2.38. The van der Waals surface area contributed by atoms with Crippen LogP contribution in [0.25, 0.3) is 0 Å². The molecule has 0 bridgehead atoms. The minimum atomic E-state index is -0.126. The van der Waals surface area contributed by atoms with Crippen LogP contribution in [0, 0.1) is 13.8 Å². The predicted molar refractivity (Wildman–Crippen MR) is 96.4 cm³/mol. The van der Waals surface area contributed by atoms with Crippen LogP contribution in [0.1, 0.15) is 46.8 Å². The molecule has 1 aliphatic carbocycles. The highest BCUT2D eigenvalue weighted by atomic mass is 16.5. The van der Waals surface area contributed by atoms with Crippen molar-refractivity contribution in [3.63, 3.8) is 0 Å². The quantitative estimate of drug-likeness (QED) is 0.873. The van der Waals surface area contributed by atoms with E-state index in [-0.39, 0.29) is 11.6 Å². The second-order valence-electron chi connectivity index (χ2n) is 6.47. The fourth-order valence-electron chi connectivity index (χ4n) is 3.45. The predicted octanol–water partition coefficient (Wildman–Crippen LogP) is 2.57. The lowest BCUT2D eigenvalue weighted by atomic mass is 9.87. The lowest BCUT2D eigenvalue weighted by molar-refractivity contribution is 0.351. The third-order valence-electron chi connectivity index (χ3n) is 5.08. The van der Waals surface area contributed by atoms with Crippen molar-refractivity contribution >= 4 is 0 Å². The van der Waals surface area contributed by atoms with Crippen molar-refractivity contribution in [1.29, 1.82) is 0 Å². The average Bonchev–Trinajstić information content (AvgIpc) is 2.63. The van der Waals surface area contributed by atoms with E-state index in [0.29, 0.717) is 6.54 Å². The van der Waals surface area contributed by atoms with Crippen LogP contribution in [-0.4, -0.2) is 24.4 Å². The Morgan fingerprint density at radius 2 is 1.96 bits per heavy atom. The molecule has 0 spiro atoms. The summed E-state index contributed by atoms with van der Waals surface area (Å²) in [5, 5.41) is 10.1. The molecule has 3 rings (SSSR count). The molecular formula is C19H25N3O3. The van der Waals surface area contributed by atoms with Gasteiger partial charge in [-0.1, -0.05) is 0 Å². The van der Waals surface area contributed by atoms with Gasteiger partial charge < -0.3 is 14.8 Å². The third-order valence-corrected chi connectivity index (χ3v) is 5.08. The van der Waals surface area contributed by atoms with Gasteiger partial charge >= 0.3 is 0 Å². The zero-order valence-electron chi connectivity index (χ0n) is 15.2. The van der Waals surface area contributed by atoms with Gasteiger partial charge in [-0.25, -0.2) is 5.10 Å². The summed E-state index contributed by atoms with van der Waals surface area (Å²) in [5.74, 6) is 1.50. The molecule has 1 aliphatic rings. The van der Waals surface area contributed by atoms with Crippen LogP contribution < -0.4 is 20.3 Å². The average molecular weight is 343 g/mol. The van der Waals surface area contributed by atoms with E-state index in [1.54, 1.807) is 14.2 Å². The first-order valence-electron chi connectivity index (χ1n) is 8.58. The van der Waals surface area contributed by atoms with Crippen LogP contribution in [0.15, 0.2) is 16.9 Å². The number of aryl methyl sites for hydroxylation is 2. The molecule has 0 radical (unpaired) electrons. The maximum atomic E-state index is 12.1.